The first-order chi connectivity index (χ1) is 19.4. The molecule has 0 unspecified atom stereocenters. The second-order valence-electron chi connectivity index (χ2n) is 10.2. The Balaban J connectivity index is 1.40. The summed E-state index contributed by atoms with van der Waals surface area (Å²) in [6.07, 6.45) is -2.46. The van der Waals surface area contributed by atoms with Crippen LogP contribution >= 0.6 is 0 Å². The Bertz CT molecular complexity index is 1220. The van der Waals surface area contributed by atoms with Crippen LogP contribution in [-0.4, -0.2) is 44.1 Å². The van der Waals surface area contributed by atoms with Gasteiger partial charge in [-0.25, -0.2) is 4.79 Å². The molecule has 7 nitrogen and oxygen atoms in total. The molecule has 0 aliphatic carbocycles. The molecule has 212 valence electrons. The Morgan fingerprint density at radius 3 is 2.05 bits per heavy atom. The van der Waals surface area contributed by atoms with Crippen molar-refractivity contribution in [2.45, 2.75) is 50.8 Å². The molecule has 1 aliphatic rings. The molecule has 1 aliphatic heterocycles. The molecule has 1 heterocycles. The Kier molecular flexibility index (Phi) is 10.4. The van der Waals surface area contributed by atoms with Crippen LogP contribution in [0.5, 0.6) is 11.5 Å². The number of aliphatic hydroxyl groups excluding tert-OH is 1. The lowest BCUT2D eigenvalue weighted by Crippen LogP contribution is -2.45. The van der Waals surface area contributed by atoms with Gasteiger partial charge >= 0.3 is 5.97 Å². The summed E-state index contributed by atoms with van der Waals surface area (Å²) in [6.45, 7) is 7.09. The SMILES string of the molecule is C=C(COCc1ccccc1)C[C@@H](C)C[C@@H](O)[C@H]1O[C@H](c2ccc(OC)cc2)[C@@H](c2ccc(OC)cc2)OC1=O. The van der Waals surface area contributed by atoms with Crippen molar-refractivity contribution in [2.75, 3.05) is 20.8 Å². The highest BCUT2D eigenvalue weighted by Crippen LogP contribution is 2.42. The van der Waals surface area contributed by atoms with Gasteiger partial charge in [0.2, 0.25) is 0 Å². The number of methoxy groups -OCH3 is 2. The standard InChI is InChI=1S/C33H38O7/c1-22(18-23(2)20-38-21-24-8-6-5-7-9-24)19-29(34)32-33(35)40-31(26-12-16-28(37-4)17-13-26)30(39-32)25-10-14-27(36-3)15-11-25/h5-17,22,29-32,34H,2,18-21H2,1,3-4H3/t22-,29-,30-,31-,32-/m1/s1. The zero-order valence-corrected chi connectivity index (χ0v) is 23.3. The Hall–Kier alpha value is -3.65. The van der Waals surface area contributed by atoms with Crippen molar-refractivity contribution in [1.82, 2.24) is 0 Å². The lowest BCUT2D eigenvalue weighted by molar-refractivity contribution is -0.217. The van der Waals surface area contributed by atoms with E-state index in [0.717, 1.165) is 22.3 Å². The maximum Gasteiger partial charge on any atom is 0.338 e. The molecule has 40 heavy (non-hydrogen) atoms. The zero-order chi connectivity index (χ0) is 28.5. The first kappa shape index (κ1) is 29.3. The van der Waals surface area contributed by atoms with Gasteiger partial charge in [-0.05, 0) is 59.7 Å². The third-order valence-electron chi connectivity index (χ3n) is 6.98. The normalized spacial score (nSPS) is 20.3. The third-order valence-corrected chi connectivity index (χ3v) is 6.98. The van der Waals surface area contributed by atoms with E-state index in [4.69, 9.17) is 23.7 Å². The van der Waals surface area contributed by atoms with Crippen molar-refractivity contribution in [3.63, 3.8) is 0 Å². The van der Waals surface area contributed by atoms with Crippen LogP contribution < -0.4 is 9.47 Å². The maximum atomic E-state index is 13.1. The molecule has 0 amide bonds. The number of esters is 1. The summed E-state index contributed by atoms with van der Waals surface area (Å²) in [5.74, 6) is 0.867. The minimum absolute atomic E-state index is 0.0537. The van der Waals surface area contributed by atoms with Gasteiger partial charge in [0.15, 0.2) is 12.2 Å². The molecule has 7 heteroatoms. The zero-order valence-electron chi connectivity index (χ0n) is 23.3. The number of benzene rings is 3. The topological polar surface area (TPSA) is 83.5 Å². The summed E-state index contributed by atoms with van der Waals surface area (Å²) in [6, 6.07) is 24.7. The average Bonchev–Trinajstić information content (AvgIpc) is 2.97. The minimum atomic E-state index is -1.12. The van der Waals surface area contributed by atoms with Crippen molar-refractivity contribution in [1.29, 1.82) is 0 Å². The van der Waals surface area contributed by atoms with Crippen LogP contribution in [0, 0.1) is 5.92 Å². The van der Waals surface area contributed by atoms with Gasteiger partial charge < -0.3 is 28.8 Å². The van der Waals surface area contributed by atoms with E-state index in [-0.39, 0.29) is 5.92 Å². The lowest BCUT2D eigenvalue weighted by atomic mass is 9.92. The van der Waals surface area contributed by atoms with E-state index in [1.807, 2.05) is 85.8 Å². The quantitative estimate of drug-likeness (QED) is 0.209. The molecule has 1 saturated heterocycles. The molecule has 0 bridgehead atoms. The van der Waals surface area contributed by atoms with Gasteiger partial charge in [-0.2, -0.15) is 0 Å². The molecular weight excluding hydrogens is 508 g/mol. The predicted octanol–water partition coefficient (Wildman–Crippen LogP) is 5.98. The highest BCUT2D eigenvalue weighted by molar-refractivity contribution is 5.76. The number of cyclic esters (lactones) is 1. The second-order valence-corrected chi connectivity index (χ2v) is 10.2. The number of aliphatic hydroxyl groups is 1. The molecular formula is C33H38O7. The van der Waals surface area contributed by atoms with E-state index in [2.05, 4.69) is 6.58 Å². The molecule has 1 fully saturated rings. The van der Waals surface area contributed by atoms with Gasteiger partial charge in [0, 0.05) is 0 Å². The molecule has 3 aromatic rings. The predicted molar refractivity (Wildman–Crippen MR) is 152 cm³/mol. The summed E-state index contributed by atoms with van der Waals surface area (Å²) in [5.41, 5.74) is 3.61. The summed E-state index contributed by atoms with van der Waals surface area (Å²) in [7, 11) is 3.20. The Morgan fingerprint density at radius 1 is 0.900 bits per heavy atom. The van der Waals surface area contributed by atoms with E-state index in [1.165, 1.54) is 0 Å². The molecule has 0 spiro atoms. The third kappa shape index (κ3) is 7.72. The monoisotopic (exact) mass is 546 g/mol. The number of ether oxygens (including phenoxy) is 5. The molecule has 4 rings (SSSR count). The Labute approximate surface area is 236 Å². The molecule has 0 aromatic heterocycles. The van der Waals surface area contributed by atoms with Crippen LogP contribution in [0.25, 0.3) is 0 Å². The van der Waals surface area contributed by atoms with Crippen LogP contribution in [-0.2, 0) is 25.6 Å². The lowest BCUT2D eigenvalue weighted by Gasteiger charge is -2.38. The van der Waals surface area contributed by atoms with E-state index in [0.29, 0.717) is 37.6 Å². The van der Waals surface area contributed by atoms with Crippen molar-refractivity contribution in [3.05, 3.63) is 108 Å². The van der Waals surface area contributed by atoms with Crippen molar-refractivity contribution < 1.29 is 33.6 Å². The molecule has 3 aromatic carbocycles. The van der Waals surface area contributed by atoms with Gasteiger partial charge in [0.1, 0.15) is 17.6 Å². The fourth-order valence-electron chi connectivity index (χ4n) is 4.93. The Morgan fingerprint density at radius 2 is 1.48 bits per heavy atom. The van der Waals surface area contributed by atoms with Gasteiger partial charge in [0.05, 0.1) is 33.5 Å². The highest BCUT2D eigenvalue weighted by atomic mass is 16.6. The van der Waals surface area contributed by atoms with E-state index in [1.54, 1.807) is 14.2 Å². The van der Waals surface area contributed by atoms with Gasteiger partial charge in [0.25, 0.3) is 0 Å². The van der Waals surface area contributed by atoms with Gasteiger partial charge in [-0.1, -0.05) is 73.7 Å². The van der Waals surface area contributed by atoms with Crippen LogP contribution in [0.3, 0.4) is 0 Å². The van der Waals surface area contributed by atoms with Crippen LogP contribution in [0.15, 0.2) is 91.0 Å². The summed E-state index contributed by atoms with van der Waals surface area (Å²) in [5, 5.41) is 11.1. The average molecular weight is 547 g/mol. The van der Waals surface area contributed by atoms with Crippen molar-refractivity contribution in [2.24, 2.45) is 5.92 Å². The van der Waals surface area contributed by atoms with Crippen LogP contribution in [0.1, 0.15) is 48.7 Å². The minimum Gasteiger partial charge on any atom is -0.497 e. The molecule has 1 N–H and O–H groups in total. The maximum absolute atomic E-state index is 13.1. The van der Waals surface area contributed by atoms with Crippen LogP contribution in [0.4, 0.5) is 0 Å². The summed E-state index contributed by atoms with van der Waals surface area (Å²) in [4.78, 5) is 13.1. The fraction of sp³-hybridized carbons (Fsp3) is 0.364. The number of hydrogen-bond donors (Lipinski definition) is 1. The van der Waals surface area contributed by atoms with Crippen LogP contribution in [0.2, 0.25) is 0 Å². The highest BCUT2D eigenvalue weighted by Gasteiger charge is 2.43. The van der Waals surface area contributed by atoms with Gasteiger partial charge in [-0.15, -0.1) is 0 Å². The molecule has 5 atom stereocenters. The van der Waals surface area contributed by atoms with E-state index in [9.17, 15) is 9.90 Å². The largest absolute Gasteiger partial charge is 0.497 e. The fourth-order valence-corrected chi connectivity index (χ4v) is 4.93. The first-order valence-electron chi connectivity index (χ1n) is 13.5. The van der Waals surface area contributed by atoms with Crippen molar-refractivity contribution in [3.8, 4) is 11.5 Å². The molecule has 0 radical (unpaired) electrons. The summed E-state index contributed by atoms with van der Waals surface area (Å²) >= 11 is 0. The van der Waals surface area contributed by atoms with E-state index < -0.39 is 30.4 Å². The summed E-state index contributed by atoms with van der Waals surface area (Å²) < 4.78 is 28.6. The smallest absolute Gasteiger partial charge is 0.338 e. The number of rotatable bonds is 13. The van der Waals surface area contributed by atoms with Crippen molar-refractivity contribution >= 4 is 5.97 Å². The van der Waals surface area contributed by atoms with Gasteiger partial charge in [-0.3, -0.25) is 0 Å². The van der Waals surface area contributed by atoms with E-state index >= 15 is 0 Å². The number of carbonyl (C=O) groups is 1. The number of hydrogen-bond acceptors (Lipinski definition) is 7. The second kappa shape index (κ2) is 14.1. The first-order valence-corrected chi connectivity index (χ1v) is 13.5. The number of carbonyl (C=O) groups excluding carboxylic acids is 1. The molecule has 0 saturated carbocycles.